The number of H-pyrrole nitrogens is 1. The van der Waals surface area contributed by atoms with Crippen molar-refractivity contribution in [1.82, 2.24) is 15.3 Å². The number of nitrogens with zero attached hydrogens (tertiary/aromatic N) is 1. The summed E-state index contributed by atoms with van der Waals surface area (Å²) < 4.78 is 13.2. The third-order valence-corrected chi connectivity index (χ3v) is 4.62. The third-order valence-electron chi connectivity index (χ3n) is 3.66. The Morgan fingerprint density at radius 3 is 3.04 bits per heavy atom. The minimum atomic E-state index is -0.255. The average molecular weight is 343 g/mol. The Hall–Kier alpha value is -2.34. The fourth-order valence-corrected chi connectivity index (χ4v) is 3.25. The van der Waals surface area contributed by atoms with Crippen molar-refractivity contribution in [2.45, 2.75) is 12.2 Å². The fraction of sp³-hybridized carbons (Fsp3) is 0.222. The summed E-state index contributed by atoms with van der Waals surface area (Å²) in [5, 5.41) is 3.91. The molecule has 0 saturated carbocycles. The zero-order valence-corrected chi connectivity index (χ0v) is 13.9. The van der Waals surface area contributed by atoms with E-state index in [0.717, 1.165) is 27.9 Å². The Bertz CT molecular complexity index is 820. The summed E-state index contributed by atoms with van der Waals surface area (Å²) in [5.74, 6) is 0.897. The Morgan fingerprint density at radius 2 is 2.21 bits per heavy atom. The summed E-state index contributed by atoms with van der Waals surface area (Å²) >= 11 is 1.54. The summed E-state index contributed by atoms with van der Waals surface area (Å²) in [6, 6.07) is 10.5. The van der Waals surface area contributed by atoms with Gasteiger partial charge in [-0.1, -0.05) is 6.07 Å². The lowest BCUT2D eigenvalue weighted by molar-refractivity contribution is -0.118. The van der Waals surface area contributed by atoms with Crippen molar-refractivity contribution in [3.63, 3.8) is 0 Å². The van der Waals surface area contributed by atoms with Crippen LogP contribution >= 0.6 is 11.8 Å². The lowest BCUT2D eigenvalue weighted by atomic mass is 10.1. The molecule has 0 spiro atoms. The number of carbonyl (C=O) groups excluding carboxylic acids is 1. The van der Waals surface area contributed by atoms with Crippen LogP contribution in [0.2, 0.25) is 0 Å². The van der Waals surface area contributed by atoms with Crippen LogP contribution in [0.1, 0.15) is 11.3 Å². The summed E-state index contributed by atoms with van der Waals surface area (Å²) in [6.07, 6.45) is 4.33. The number of pyridine rings is 1. The topological polar surface area (TPSA) is 57.8 Å². The zero-order valence-electron chi connectivity index (χ0n) is 13.1. The number of hydrogen-bond donors (Lipinski definition) is 2. The van der Waals surface area contributed by atoms with Crippen molar-refractivity contribution in [2.24, 2.45) is 0 Å². The molecule has 24 heavy (non-hydrogen) atoms. The number of amides is 1. The number of fused-ring (bicyclic) bond motifs is 1. The number of nitrogens with one attached hydrogen (secondary N) is 2. The molecule has 6 heteroatoms. The fourth-order valence-electron chi connectivity index (χ4n) is 2.48. The molecule has 2 N–H and O–H groups in total. The summed E-state index contributed by atoms with van der Waals surface area (Å²) in [6.45, 7) is 0.563. The number of aromatic nitrogens is 2. The molecule has 1 amide bonds. The Labute approximate surface area is 143 Å². The molecule has 124 valence electrons. The number of rotatable bonds is 7. The van der Waals surface area contributed by atoms with Gasteiger partial charge in [0.05, 0.1) is 11.4 Å². The maximum absolute atomic E-state index is 13.2. The second-order valence-corrected chi connectivity index (χ2v) is 6.40. The van der Waals surface area contributed by atoms with Crippen LogP contribution in [-0.2, 0) is 17.0 Å². The molecule has 0 unspecified atom stereocenters. The number of hydrogen-bond acceptors (Lipinski definition) is 3. The first-order chi connectivity index (χ1) is 11.7. The molecule has 0 saturated heterocycles. The van der Waals surface area contributed by atoms with Crippen LogP contribution in [0.5, 0.6) is 0 Å². The number of halogens is 1. The minimum Gasteiger partial charge on any atom is -0.361 e. The van der Waals surface area contributed by atoms with Gasteiger partial charge in [0.2, 0.25) is 5.91 Å². The first kappa shape index (κ1) is 16.5. The van der Waals surface area contributed by atoms with E-state index in [-0.39, 0.29) is 11.7 Å². The van der Waals surface area contributed by atoms with E-state index in [9.17, 15) is 9.18 Å². The van der Waals surface area contributed by atoms with Gasteiger partial charge in [-0.15, -0.1) is 11.8 Å². The van der Waals surface area contributed by atoms with E-state index in [4.69, 9.17) is 0 Å². The molecule has 0 bridgehead atoms. The van der Waals surface area contributed by atoms with E-state index in [1.165, 1.54) is 12.1 Å². The Morgan fingerprint density at radius 1 is 1.29 bits per heavy atom. The van der Waals surface area contributed by atoms with Crippen molar-refractivity contribution >= 4 is 28.6 Å². The standard InChI is InChI=1S/C18H18FN3OS/c19-14-4-5-16-13(10-22-17(16)9-14)6-8-21-18(23)12-24-11-15-3-1-2-7-20-15/h1-5,7,9-10,22H,6,8,11-12H2,(H,21,23). The maximum atomic E-state index is 13.2. The number of carbonyl (C=O) groups is 1. The highest BCUT2D eigenvalue weighted by atomic mass is 32.2. The van der Waals surface area contributed by atoms with Gasteiger partial charge < -0.3 is 10.3 Å². The van der Waals surface area contributed by atoms with Gasteiger partial charge in [0, 0.05) is 35.6 Å². The third kappa shape index (κ3) is 4.35. The highest BCUT2D eigenvalue weighted by molar-refractivity contribution is 7.99. The normalized spacial score (nSPS) is 10.9. The van der Waals surface area contributed by atoms with Crippen molar-refractivity contribution in [3.8, 4) is 0 Å². The summed E-state index contributed by atoms with van der Waals surface area (Å²) in [5.41, 5.74) is 2.83. The van der Waals surface area contributed by atoms with E-state index in [1.807, 2.05) is 24.4 Å². The number of thioether (sulfide) groups is 1. The van der Waals surface area contributed by atoms with Crippen LogP contribution in [0.25, 0.3) is 10.9 Å². The molecule has 0 atom stereocenters. The lowest BCUT2D eigenvalue weighted by Gasteiger charge is -2.05. The van der Waals surface area contributed by atoms with Crippen LogP contribution < -0.4 is 5.32 Å². The molecular weight excluding hydrogens is 325 g/mol. The molecule has 2 heterocycles. The second-order valence-electron chi connectivity index (χ2n) is 5.42. The summed E-state index contributed by atoms with van der Waals surface area (Å²) in [4.78, 5) is 19.1. The van der Waals surface area contributed by atoms with Crippen molar-refractivity contribution in [3.05, 3.63) is 65.9 Å². The average Bonchev–Trinajstić information content (AvgIpc) is 2.98. The molecule has 0 aliphatic heterocycles. The van der Waals surface area contributed by atoms with Gasteiger partial charge in [-0.3, -0.25) is 9.78 Å². The van der Waals surface area contributed by atoms with Crippen LogP contribution in [0.15, 0.2) is 48.8 Å². The lowest BCUT2D eigenvalue weighted by Crippen LogP contribution is -2.27. The van der Waals surface area contributed by atoms with Crippen LogP contribution in [0.4, 0.5) is 4.39 Å². The van der Waals surface area contributed by atoms with Crippen molar-refractivity contribution in [2.75, 3.05) is 12.3 Å². The number of aromatic amines is 1. The summed E-state index contributed by atoms with van der Waals surface area (Å²) in [7, 11) is 0. The molecule has 1 aromatic carbocycles. The Balaban J connectivity index is 1.41. The van der Waals surface area contributed by atoms with Crippen LogP contribution in [0, 0.1) is 5.82 Å². The molecule has 3 aromatic rings. The molecule has 2 aromatic heterocycles. The first-order valence-electron chi connectivity index (χ1n) is 7.72. The minimum absolute atomic E-state index is 0.0156. The van der Waals surface area contributed by atoms with Gasteiger partial charge in [0.25, 0.3) is 0 Å². The monoisotopic (exact) mass is 343 g/mol. The first-order valence-corrected chi connectivity index (χ1v) is 8.88. The molecule has 4 nitrogen and oxygen atoms in total. The van der Waals surface area contributed by atoms with E-state index in [1.54, 1.807) is 24.0 Å². The van der Waals surface area contributed by atoms with Crippen molar-refractivity contribution in [1.29, 1.82) is 0 Å². The highest BCUT2D eigenvalue weighted by Crippen LogP contribution is 2.19. The van der Waals surface area contributed by atoms with E-state index in [2.05, 4.69) is 15.3 Å². The smallest absolute Gasteiger partial charge is 0.230 e. The predicted octanol–water partition coefficient (Wildman–Crippen LogP) is 3.29. The molecule has 3 rings (SSSR count). The highest BCUT2D eigenvalue weighted by Gasteiger charge is 2.06. The van der Waals surface area contributed by atoms with E-state index in [0.29, 0.717) is 18.7 Å². The molecular formula is C18H18FN3OS. The van der Waals surface area contributed by atoms with Gasteiger partial charge in [0.15, 0.2) is 0 Å². The van der Waals surface area contributed by atoms with Gasteiger partial charge in [-0.2, -0.15) is 0 Å². The quantitative estimate of drug-likeness (QED) is 0.692. The van der Waals surface area contributed by atoms with Gasteiger partial charge in [0.1, 0.15) is 5.82 Å². The van der Waals surface area contributed by atoms with Crippen LogP contribution in [0.3, 0.4) is 0 Å². The SMILES string of the molecule is O=C(CSCc1ccccn1)NCCc1c[nH]c2cc(F)ccc12. The van der Waals surface area contributed by atoms with E-state index < -0.39 is 0 Å². The molecule has 0 fully saturated rings. The zero-order chi connectivity index (χ0) is 16.8. The van der Waals surface area contributed by atoms with Gasteiger partial charge >= 0.3 is 0 Å². The van der Waals surface area contributed by atoms with Gasteiger partial charge in [-0.05, 0) is 42.3 Å². The molecule has 0 radical (unpaired) electrons. The number of benzene rings is 1. The van der Waals surface area contributed by atoms with Crippen molar-refractivity contribution < 1.29 is 9.18 Å². The Kier molecular flexibility index (Phi) is 5.48. The van der Waals surface area contributed by atoms with Crippen LogP contribution in [-0.4, -0.2) is 28.2 Å². The maximum Gasteiger partial charge on any atom is 0.230 e. The largest absolute Gasteiger partial charge is 0.361 e. The second kappa shape index (κ2) is 7.97. The molecule has 0 aliphatic rings. The molecule has 0 aliphatic carbocycles. The predicted molar refractivity (Wildman–Crippen MR) is 95.4 cm³/mol. The van der Waals surface area contributed by atoms with Gasteiger partial charge in [-0.25, -0.2) is 4.39 Å². The van der Waals surface area contributed by atoms with E-state index >= 15 is 0 Å².